The number of anilines is 1. The lowest BCUT2D eigenvalue weighted by Crippen LogP contribution is -2.05. The fourth-order valence-electron chi connectivity index (χ4n) is 1.72. The number of halogens is 1. The summed E-state index contributed by atoms with van der Waals surface area (Å²) in [7, 11) is 0. The largest absolute Gasteiger partial charge is 0.506 e. The van der Waals surface area contributed by atoms with Crippen LogP contribution in [-0.4, -0.2) is 15.0 Å². The Kier molecular flexibility index (Phi) is 4.05. The molecule has 1 aromatic heterocycles. The highest BCUT2D eigenvalue weighted by molar-refractivity contribution is 6.31. The van der Waals surface area contributed by atoms with Crippen LogP contribution in [0.2, 0.25) is 5.02 Å². The van der Waals surface area contributed by atoms with Gasteiger partial charge in [0.05, 0.1) is 11.5 Å². The number of benzene rings is 1. The molecule has 2 aromatic rings. The standard InChI is InChI=1S/C13H12ClN3O3/c1-8-2-5-13(18)11(16-8)7-15-10-6-9(14)3-4-12(10)17(19)20/h2-6,15,18H,7H2,1H3. The average Bonchev–Trinajstić information content (AvgIpc) is 2.39. The predicted molar refractivity (Wildman–Crippen MR) is 76.1 cm³/mol. The Morgan fingerprint density at radius 3 is 2.85 bits per heavy atom. The first-order chi connectivity index (χ1) is 9.47. The maximum Gasteiger partial charge on any atom is 0.292 e. The molecular weight excluding hydrogens is 282 g/mol. The quantitative estimate of drug-likeness (QED) is 0.667. The summed E-state index contributed by atoms with van der Waals surface area (Å²) in [4.78, 5) is 14.6. The van der Waals surface area contributed by atoms with Gasteiger partial charge >= 0.3 is 0 Å². The van der Waals surface area contributed by atoms with Gasteiger partial charge in [-0.15, -0.1) is 0 Å². The first-order valence-electron chi connectivity index (χ1n) is 5.80. The minimum Gasteiger partial charge on any atom is -0.506 e. The van der Waals surface area contributed by atoms with Crippen LogP contribution in [0.25, 0.3) is 0 Å². The number of hydrogen-bond donors (Lipinski definition) is 2. The molecule has 1 aromatic carbocycles. The van der Waals surface area contributed by atoms with Crippen molar-refractivity contribution in [2.75, 3.05) is 5.32 Å². The third-order valence-corrected chi connectivity index (χ3v) is 2.93. The fourth-order valence-corrected chi connectivity index (χ4v) is 1.89. The van der Waals surface area contributed by atoms with E-state index in [4.69, 9.17) is 11.6 Å². The van der Waals surface area contributed by atoms with Gasteiger partial charge in [-0.05, 0) is 31.2 Å². The summed E-state index contributed by atoms with van der Waals surface area (Å²) in [6.45, 7) is 1.96. The number of aryl methyl sites for hydroxylation is 1. The van der Waals surface area contributed by atoms with Crippen molar-refractivity contribution in [1.82, 2.24) is 4.98 Å². The molecule has 20 heavy (non-hydrogen) atoms. The molecule has 0 amide bonds. The Bertz CT molecular complexity index is 661. The second-order valence-electron chi connectivity index (χ2n) is 4.19. The van der Waals surface area contributed by atoms with Gasteiger partial charge in [0.15, 0.2) is 0 Å². The van der Waals surface area contributed by atoms with Crippen molar-refractivity contribution in [3.63, 3.8) is 0 Å². The van der Waals surface area contributed by atoms with Gasteiger partial charge in [-0.3, -0.25) is 15.1 Å². The Labute approximate surface area is 120 Å². The zero-order valence-electron chi connectivity index (χ0n) is 10.6. The normalized spacial score (nSPS) is 10.3. The van der Waals surface area contributed by atoms with E-state index < -0.39 is 4.92 Å². The molecule has 0 unspecified atom stereocenters. The molecule has 6 nitrogen and oxygen atoms in total. The highest BCUT2D eigenvalue weighted by Crippen LogP contribution is 2.28. The molecule has 1 heterocycles. The molecule has 0 aliphatic rings. The van der Waals surface area contributed by atoms with Crippen molar-refractivity contribution in [3.8, 4) is 5.75 Å². The average molecular weight is 294 g/mol. The van der Waals surface area contributed by atoms with Gasteiger partial charge in [-0.1, -0.05) is 11.6 Å². The molecule has 2 rings (SSSR count). The number of nitrogens with one attached hydrogen (secondary N) is 1. The second-order valence-corrected chi connectivity index (χ2v) is 4.63. The highest BCUT2D eigenvalue weighted by Gasteiger charge is 2.14. The summed E-state index contributed by atoms with van der Waals surface area (Å²) in [6, 6.07) is 7.46. The van der Waals surface area contributed by atoms with E-state index in [1.165, 1.54) is 24.3 Å². The van der Waals surface area contributed by atoms with Gasteiger partial charge in [0.2, 0.25) is 0 Å². The van der Waals surface area contributed by atoms with Crippen LogP contribution in [0.5, 0.6) is 5.75 Å². The van der Waals surface area contributed by atoms with Crippen LogP contribution in [0.4, 0.5) is 11.4 Å². The predicted octanol–water partition coefficient (Wildman–Crippen LogP) is 3.27. The van der Waals surface area contributed by atoms with Gasteiger partial charge in [0.25, 0.3) is 5.69 Å². The molecule has 104 valence electrons. The lowest BCUT2D eigenvalue weighted by molar-refractivity contribution is -0.384. The monoisotopic (exact) mass is 293 g/mol. The minimum absolute atomic E-state index is 0.0350. The van der Waals surface area contributed by atoms with Gasteiger partial charge in [0, 0.05) is 16.8 Å². The Morgan fingerprint density at radius 2 is 2.15 bits per heavy atom. The van der Waals surface area contributed by atoms with E-state index >= 15 is 0 Å². The maximum atomic E-state index is 10.9. The van der Waals surface area contributed by atoms with Crippen molar-refractivity contribution < 1.29 is 10.0 Å². The van der Waals surface area contributed by atoms with E-state index in [1.807, 2.05) is 0 Å². The van der Waals surface area contributed by atoms with E-state index in [2.05, 4.69) is 10.3 Å². The van der Waals surface area contributed by atoms with Crippen molar-refractivity contribution >= 4 is 23.0 Å². The van der Waals surface area contributed by atoms with Crippen LogP contribution >= 0.6 is 11.6 Å². The molecule has 0 aliphatic heterocycles. The van der Waals surface area contributed by atoms with Crippen molar-refractivity contribution in [2.45, 2.75) is 13.5 Å². The minimum atomic E-state index is -0.498. The summed E-state index contributed by atoms with van der Waals surface area (Å²) in [5.41, 5.74) is 1.37. The van der Waals surface area contributed by atoms with E-state index in [0.29, 0.717) is 10.7 Å². The van der Waals surface area contributed by atoms with Crippen LogP contribution in [0.15, 0.2) is 30.3 Å². The summed E-state index contributed by atoms with van der Waals surface area (Å²) in [5, 5.41) is 23.9. The molecule has 0 atom stereocenters. The maximum absolute atomic E-state index is 10.9. The number of nitrogens with zero attached hydrogens (tertiary/aromatic N) is 2. The third-order valence-electron chi connectivity index (χ3n) is 2.69. The van der Waals surface area contributed by atoms with Gasteiger partial charge in [-0.25, -0.2) is 0 Å². The topological polar surface area (TPSA) is 88.3 Å². The molecule has 0 aliphatic carbocycles. The number of nitro benzene ring substituents is 1. The molecule has 0 saturated heterocycles. The molecule has 0 saturated carbocycles. The summed E-state index contributed by atoms with van der Waals surface area (Å²) in [5.74, 6) is 0.0350. The smallest absolute Gasteiger partial charge is 0.292 e. The molecule has 0 bridgehead atoms. The molecule has 0 radical (unpaired) electrons. The second kappa shape index (κ2) is 5.75. The van der Waals surface area contributed by atoms with Crippen LogP contribution in [0.3, 0.4) is 0 Å². The zero-order chi connectivity index (χ0) is 14.7. The SMILES string of the molecule is Cc1ccc(O)c(CNc2cc(Cl)ccc2[N+](=O)[O-])n1. The number of hydrogen-bond acceptors (Lipinski definition) is 5. The van der Waals surface area contributed by atoms with Gasteiger partial charge < -0.3 is 10.4 Å². The van der Waals surface area contributed by atoms with Gasteiger partial charge in [0.1, 0.15) is 17.1 Å². The fraction of sp³-hybridized carbons (Fsp3) is 0.154. The van der Waals surface area contributed by atoms with E-state index in [-0.39, 0.29) is 23.7 Å². The molecule has 7 heteroatoms. The van der Waals surface area contributed by atoms with E-state index in [1.54, 1.807) is 13.0 Å². The lowest BCUT2D eigenvalue weighted by atomic mass is 10.2. The Morgan fingerprint density at radius 1 is 1.40 bits per heavy atom. The molecule has 0 spiro atoms. The first-order valence-corrected chi connectivity index (χ1v) is 6.18. The van der Waals surface area contributed by atoms with Crippen LogP contribution in [0, 0.1) is 17.0 Å². The molecule has 0 fully saturated rings. The van der Waals surface area contributed by atoms with Crippen molar-refractivity contribution in [1.29, 1.82) is 0 Å². The van der Waals surface area contributed by atoms with Crippen molar-refractivity contribution in [3.05, 3.63) is 56.9 Å². The van der Waals surface area contributed by atoms with Gasteiger partial charge in [-0.2, -0.15) is 0 Å². The summed E-state index contributed by atoms with van der Waals surface area (Å²) >= 11 is 5.83. The Hall–Kier alpha value is -2.34. The van der Waals surface area contributed by atoms with E-state index in [0.717, 1.165) is 5.69 Å². The lowest BCUT2D eigenvalue weighted by Gasteiger charge is -2.09. The summed E-state index contributed by atoms with van der Waals surface area (Å²) in [6.07, 6.45) is 0. The summed E-state index contributed by atoms with van der Waals surface area (Å²) < 4.78 is 0. The molecular formula is C13H12ClN3O3. The number of rotatable bonds is 4. The first kappa shape index (κ1) is 14.1. The Balaban J connectivity index is 2.24. The molecule has 2 N–H and O–H groups in total. The van der Waals surface area contributed by atoms with Crippen LogP contribution < -0.4 is 5.32 Å². The van der Waals surface area contributed by atoms with Crippen LogP contribution in [0.1, 0.15) is 11.4 Å². The van der Waals surface area contributed by atoms with Crippen LogP contribution in [-0.2, 0) is 6.54 Å². The number of pyridine rings is 1. The number of aromatic hydroxyl groups is 1. The highest BCUT2D eigenvalue weighted by atomic mass is 35.5. The number of aromatic nitrogens is 1. The van der Waals surface area contributed by atoms with E-state index in [9.17, 15) is 15.2 Å². The number of nitro groups is 1. The third kappa shape index (κ3) is 3.16. The zero-order valence-corrected chi connectivity index (χ0v) is 11.4. The van der Waals surface area contributed by atoms with Crippen molar-refractivity contribution in [2.24, 2.45) is 0 Å².